The molecule has 0 unspecified atom stereocenters. The van der Waals surface area contributed by atoms with Crippen molar-refractivity contribution in [3.05, 3.63) is 30.0 Å². The molecule has 2 aromatic rings. The van der Waals surface area contributed by atoms with E-state index in [2.05, 4.69) is 5.16 Å². The van der Waals surface area contributed by atoms with Gasteiger partial charge in [0.2, 0.25) is 15.9 Å². The molecule has 0 radical (unpaired) electrons. The van der Waals surface area contributed by atoms with E-state index in [9.17, 15) is 18.0 Å². The summed E-state index contributed by atoms with van der Waals surface area (Å²) in [5.74, 6) is -0.452. The topological polar surface area (TPSA) is 104 Å². The van der Waals surface area contributed by atoms with Crippen molar-refractivity contribution in [2.45, 2.75) is 24.6 Å². The molecule has 2 fully saturated rings. The second kappa shape index (κ2) is 6.61. The van der Waals surface area contributed by atoms with Crippen LogP contribution < -0.4 is 0 Å². The number of carbonyl (C=O) groups is 2. The van der Waals surface area contributed by atoms with Gasteiger partial charge in [-0.05, 0) is 25.0 Å². The third kappa shape index (κ3) is 3.19. The van der Waals surface area contributed by atoms with E-state index < -0.39 is 10.0 Å². The largest absolute Gasteiger partial charge is 0.356 e. The number of likely N-dealkylation sites (N-methyl/N-ethyl adjacent to an activating group) is 1. The van der Waals surface area contributed by atoms with E-state index in [-0.39, 0.29) is 30.3 Å². The lowest BCUT2D eigenvalue weighted by Crippen LogP contribution is -2.48. The molecule has 3 heterocycles. The molecule has 0 spiro atoms. The number of amides is 3. The molecule has 0 aliphatic carbocycles. The molecular formula is C17H20N4O5S. The van der Waals surface area contributed by atoms with Gasteiger partial charge in [-0.3, -0.25) is 9.69 Å². The lowest BCUT2D eigenvalue weighted by Gasteiger charge is -2.35. The smallest absolute Gasteiger partial charge is 0.327 e. The maximum absolute atomic E-state index is 12.8. The first kappa shape index (κ1) is 17.9. The van der Waals surface area contributed by atoms with Crippen LogP contribution >= 0.6 is 0 Å². The molecule has 9 nitrogen and oxygen atoms in total. The summed E-state index contributed by atoms with van der Waals surface area (Å²) in [6, 6.07) is 6.72. The molecule has 144 valence electrons. The summed E-state index contributed by atoms with van der Waals surface area (Å²) < 4.78 is 32.2. The molecule has 2 saturated heterocycles. The number of sulfonamides is 1. The van der Waals surface area contributed by atoms with Gasteiger partial charge in [0, 0.05) is 31.6 Å². The van der Waals surface area contributed by atoms with Crippen LogP contribution in [0.5, 0.6) is 0 Å². The zero-order valence-corrected chi connectivity index (χ0v) is 15.7. The molecule has 4 rings (SSSR count). The van der Waals surface area contributed by atoms with Crippen LogP contribution in [0.2, 0.25) is 0 Å². The van der Waals surface area contributed by atoms with Gasteiger partial charge in [-0.1, -0.05) is 17.3 Å². The van der Waals surface area contributed by atoms with Crippen molar-refractivity contribution in [2.24, 2.45) is 0 Å². The van der Waals surface area contributed by atoms with Crippen LogP contribution in [0.25, 0.3) is 11.0 Å². The summed E-state index contributed by atoms with van der Waals surface area (Å²) in [5.41, 5.74) is 0.956. The van der Waals surface area contributed by atoms with E-state index in [1.165, 1.54) is 16.3 Å². The number of rotatable bonds is 4. The number of hydrogen-bond donors (Lipinski definition) is 0. The molecular weight excluding hydrogens is 372 g/mol. The van der Waals surface area contributed by atoms with Gasteiger partial charge < -0.3 is 9.42 Å². The molecule has 10 heteroatoms. The summed E-state index contributed by atoms with van der Waals surface area (Å²) in [4.78, 5) is 26.4. The number of fused-ring (bicyclic) bond motifs is 1. The van der Waals surface area contributed by atoms with Crippen LogP contribution in [-0.2, 0) is 20.6 Å². The second-order valence-electron chi connectivity index (χ2n) is 6.88. The van der Waals surface area contributed by atoms with Crippen LogP contribution in [0.4, 0.5) is 4.79 Å². The molecule has 0 atom stereocenters. The lowest BCUT2D eigenvalue weighted by molar-refractivity contribution is -0.124. The Hall–Kier alpha value is -2.46. The third-order valence-electron chi connectivity index (χ3n) is 5.24. The van der Waals surface area contributed by atoms with Crippen LogP contribution in [0.15, 0.2) is 28.8 Å². The molecule has 0 bridgehead atoms. The van der Waals surface area contributed by atoms with Crippen molar-refractivity contribution < 1.29 is 22.5 Å². The van der Waals surface area contributed by atoms with Crippen molar-refractivity contribution >= 4 is 32.9 Å². The van der Waals surface area contributed by atoms with Gasteiger partial charge in [-0.25, -0.2) is 17.5 Å². The monoisotopic (exact) mass is 392 g/mol. The summed E-state index contributed by atoms with van der Waals surface area (Å²) >= 11 is 0. The zero-order chi connectivity index (χ0) is 19.2. The number of para-hydroxylation sites is 1. The van der Waals surface area contributed by atoms with Crippen molar-refractivity contribution in [1.29, 1.82) is 0 Å². The molecule has 1 aromatic heterocycles. The van der Waals surface area contributed by atoms with Gasteiger partial charge >= 0.3 is 6.03 Å². The number of nitrogens with zero attached hydrogens (tertiary/aromatic N) is 4. The predicted octanol–water partition coefficient (Wildman–Crippen LogP) is 1.02. The minimum atomic E-state index is -3.55. The average Bonchev–Trinajstić information content (AvgIpc) is 3.18. The number of carbonyl (C=O) groups excluding carboxylic acids is 2. The molecule has 2 aliphatic rings. The average molecular weight is 392 g/mol. The summed E-state index contributed by atoms with van der Waals surface area (Å²) in [6.07, 6.45) is 1.01. The summed E-state index contributed by atoms with van der Waals surface area (Å²) in [7, 11) is -2.08. The molecule has 27 heavy (non-hydrogen) atoms. The maximum Gasteiger partial charge on any atom is 0.327 e. The Morgan fingerprint density at radius 3 is 2.56 bits per heavy atom. The fraction of sp³-hybridized carbons (Fsp3) is 0.471. The Balaban J connectivity index is 1.43. The van der Waals surface area contributed by atoms with Gasteiger partial charge in [0.25, 0.3) is 0 Å². The number of urea groups is 1. The fourth-order valence-corrected chi connectivity index (χ4v) is 5.15. The minimum Gasteiger partial charge on any atom is -0.356 e. The Bertz CT molecular complexity index is 994. The van der Waals surface area contributed by atoms with E-state index in [1.807, 2.05) is 6.07 Å². The lowest BCUT2D eigenvalue weighted by atomic mass is 10.1. The highest BCUT2D eigenvalue weighted by molar-refractivity contribution is 7.88. The minimum absolute atomic E-state index is 0.0671. The van der Waals surface area contributed by atoms with Crippen LogP contribution in [0.1, 0.15) is 18.5 Å². The number of benzene rings is 1. The summed E-state index contributed by atoms with van der Waals surface area (Å²) in [6.45, 7) is 0.687. The van der Waals surface area contributed by atoms with E-state index in [1.54, 1.807) is 18.2 Å². The maximum atomic E-state index is 12.8. The number of hydrogen-bond acceptors (Lipinski definition) is 6. The molecule has 2 aliphatic heterocycles. The predicted molar refractivity (Wildman–Crippen MR) is 96.1 cm³/mol. The molecule has 1 aromatic carbocycles. The van der Waals surface area contributed by atoms with E-state index in [0.717, 1.165) is 4.90 Å². The Morgan fingerprint density at radius 2 is 1.89 bits per heavy atom. The van der Waals surface area contributed by atoms with Crippen molar-refractivity contribution in [3.63, 3.8) is 0 Å². The standard InChI is InChI=1S/C17H20N4O5S/c1-19-16(22)10-21(17(19)23)12-6-8-20(9-7-12)27(24,25)11-14-13-4-2-3-5-15(13)26-18-14/h2-5,12H,6-11H2,1H3. The van der Waals surface area contributed by atoms with Gasteiger partial charge in [0.1, 0.15) is 18.0 Å². The van der Waals surface area contributed by atoms with E-state index >= 15 is 0 Å². The normalized spacial score (nSPS) is 20.2. The Morgan fingerprint density at radius 1 is 1.19 bits per heavy atom. The van der Waals surface area contributed by atoms with Crippen LogP contribution in [0.3, 0.4) is 0 Å². The van der Waals surface area contributed by atoms with E-state index in [0.29, 0.717) is 42.6 Å². The molecule has 0 N–H and O–H groups in total. The van der Waals surface area contributed by atoms with Gasteiger partial charge in [0.15, 0.2) is 5.58 Å². The molecule has 0 saturated carbocycles. The van der Waals surface area contributed by atoms with Crippen LogP contribution in [0, 0.1) is 0 Å². The van der Waals surface area contributed by atoms with Gasteiger partial charge in [-0.15, -0.1) is 0 Å². The first-order valence-electron chi connectivity index (χ1n) is 8.75. The van der Waals surface area contributed by atoms with Gasteiger partial charge in [-0.2, -0.15) is 0 Å². The summed E-state index contributed by atoms with van der Waals surface area (Å²) in [5, 5.41) is 4.60. The van der Waals surface area contributed by atoms with E-state index in [4.69, 9.17) is 4.52 Å². The fourth-order valence-electron chi connectivity index (χ4n) is 3.64. The third-order valence-corrected chi connectivity index (χ3v) is 7.03. The first-order chi connectivity index (χ1) is 12.9. The highest BCUT2D eigenvalue weighted by Crippen LogP contribution is 2.25. The number of imide groups is 1. The highest BCUT2D eigenvalue weighted by Gasteiger charge is 2.40. The van der Waals surface area contributed by atoms with Crippen molar-refractivity contribution in [3.8, 4) is 0 Å². The van der Waals surface area contributed by atoms with Crippen molar-refractivity contribution in [2.75, 3.05) is 26.7 Å². The van der Waals surface area contributed by atoms with Gasteiger partial charge in [0.05, 0.1) is 0 Å². The molecule has 3 amide bonds. The highest BCUT2D eigenvalue weighted by atomic mass is 32.2. The number of aromatic nitrogens is 1. The Labute approximate surface area is 156 Å². The quantitative estimate of drug-likeness (QED) is 0.720. The van der Waals surface area contributed by atoms with Crippen molar-refractivity contribution in [1.82, 2.24) is 19.3 Å². The number of piperidine rings is 1. The Kier molecular flexibility index (Phi) is 4.39. The SMILES string of the molecule is CN1C(=O)CN(C2CCN(S(=O)(=O)Cc3noc4ccccc34)CC2)C1=O. The van der Waals surface area contributed by atoms with Crippen LogP contribution in [-0.4, -0.2) is 72.3 Å². The first-order valence-corrected chi connectivity index (χ1v) is 10.4. The zero-order valence-electron chi connectivity index (χ0n) is 14.9. The second-order valence-corrected chi connectivity index (χ2v) is 8.84.